The molecule has 1 aromatic carbocycles. The number of pyridine rings is 1. The summed E-state index contributed by atoms with van der Waals surface area (Å²) in [5.41, 5.74) is 8.91. The fourth-order valence-corrected chi connectivity index (χ4v) is 2.38. The number of aromatic nitrogens is 1. The number of aliphatic hydroxyl groups is 1. The van der Waals surface area contributed by atoms with Crippen molar-refractivity contribution in [2.24, 2.45) is 0 Å². The normalized spacial score (nSPS) is 12.4. The van der Waals surface area contributed by atoms with Gasteiger partial charge in [-0.3, -0.25) is 4.98 Å². The van der Waals surface area contributed by atoms with E-state index in [1.807, 2.05) is 25.1 Å². The Bertz CT molecular complexity index is 543. The molecule has 1 unspecified atom stereocenters. The van der Waals surface area contributed by atoms with Gasteiger partial charge in [-0.15, -0.1) is 0 Å². The van der Waals surface area contributed by atoms with Crippen molar-refractivity contribution in [2.45, 2.75) is 13.0 Å². The van der Waals surface area contributed by atoms with Crippen LogP contribution in [0, 0.1) is 6.92 Å². The van der Waals surface area contributed by atoms with E-state index in [1.165, 1.54) is 0 Å². The summed E-state index contributed by atoms with van der Waals surface area (Å²) in [7, 11) is 0. The van der Waals surface area contributed by atoms with Gasteiger partial charge in [0.05, 0.1) is 0 Å². The van der Waals surface area contributed by atoms with Gasteiger partial charge < -0.3 is 10.8 Å². The first kappa shape index (κ1) is 12.1. The Morgan fingerprint density at radius 1 is 1.29 bits per heavy atom. The molecule has 1 atom stereocenters. The molecular weight excluding hydrogens is 280 g/mol. The summed E-state index contributed by atoms with van der Waals surface area (Å²) in [6, 6.07) is 7.48. The van der Waals surface area contributed by atoms with Crippen molar-refractivity contribution in [2.75, 3.05) is 5.73 Å². The van der Waals surface area contributed by atoms with Gasteiger partial charge in [0, 0.05) is 28.1 Å². The molecule has 3 N–H and O–H groups in total. The van der Waals surface area contributed by atoms with Crippen molar-refractivity contribution < 1.29 is 5.11 Å². The number of nitrogen functional groups attached to an aromatic ring is 1. The van der Waals surface area contributed by atoms with Crippen LogP contribution < -0.4 is 5.73 Å². The van der Waals surface area contributed by atoms with Gasteiger partial charge in [0.1, 0.15) is 6.10 Å². The minimum atomic E-state index is -0.765. The predicted molar refractivity (Wildman–Crippen MR) is 71.6 cm³/mol. The van der Waals surface area contributed by atoms with E-state index in [4.69, 9.17) is 5.73 Å². The van der Waals surface area contributed by atoms with Crippen LogP contribution in [0.15, 0.2) is 41.1 Å². The van der Waals surface area contributed by atoms with Crippen LogP contribution in [0.3, 0.4) is 0 Å². The zero-order valence-corrected chi connectivity index (χ0v) is 11.0. The van der Waals surface area contributed by atoms with Gasteiger partial charge in [-0.05, 0) is 30.2 Å². The third kappa shape index (κ3) is 2.48. The van der Waals surface area contributed by atoms with Gasteiger partial charge in [0.2, 0.25) is 0 Å². The lowest BCUT2D eigenvalue weighted by molar-refractivity contribution is 0.220. The number of anilines is 1. The lowest BCUT2D eigenvalue weighted by Crippen LogP contribution is -2.05. The second-order valence-electron chi connectivity index (χ2n) is 3.93. The van der Waals surface area contributed by atoms with Crippen LogP contribution in [0.5, 0.6) is 0 Å². The zero-order valence-electron chi connectivity index (χ0n) is 9.39. The maximum atomic E-state index is 10.3. The van der Waals surface area contributed by atoms with Crippen molar-refractivity contribution >= 4 is 21.6 Å². The molecule has 88 valence electrons. The van der Waals surface area contributed by atoms with E-state index >= 15 is 0 Å². The molecule has 3 nitrogen and oxygen atoms in total. The fourth-order valence-electron chi connectivity index (χ4n) is 1.67. The Labute approximate surface area is 108 Å². The first-order chi connectivity index (χ1) is 8.09. The molecule has 2 aromatic rings. The third-order valence-electron chi connectivity index (χ3n) is 2.63. The number of hydrogen-bond acceptors (Lipinski definition) is 3. The molecule has 17 heavy (non-hydrogen) atoms. The van der Waals surface area contributed by atoms with Crippen LogP contribution in [0.2, 0.25) is 0 Å². The van der Waals surface area contributed by atoms with Gasteiger partial charge in [-0.25, -0.2) is 0 Å². The number of rotatable bonds is 2. The van der Waals surface area contributed by atoms with Gasteiger partial charge in [0.15, 0.2) is 0 Å². The molecule has 0 saturated heterocycles. The average molecular weight is 293 g/mol. The predicted octanol–water partition coefficient (Wildman–Crippen LogP) is 2.82. The smallest absolute Gasteiger partial charge is 0.109 e. The quantitative estimate of drug-likeness (QED) is 0.895. The molecule has 4 heteroatoms. The Kier molecular flexibility index (Phi) is 3.45. The highest BCUT2D eigenvalue weighted by Crippen LogP contribution is 2.31. The number of aliphatic hydroxyl groups excluding tert-OH is 1. The van der Waals surface area contributed by atoms with Crippen molar-refractivity contribution in [3.63, 3.8) is 0 Å². The molecular formula is C13H13BrN2O. The highest BCUT2D eigenvalue weighted by Gasteiger charge is 2.16. The average Bonchev–Trinajstić information content (AvgIpc) is 2.29. The van der Waals surface area contributed by atoms with Crippen LogP contribution >= 0.6 is 15.9 Å². The Morgan fingerprint density at radius 2 is 2.06 bits per heavy atom. The first-order valence-corrected chi connectivity index (χ1v) is 6.02. The molecule has 2 rings (SSSR count). The highest BCUT2D eigenvalue weighted by atomic mass is 79.9. The largest absolute Gasteiger partial charge is 0.398 e. The minimum absolute atomic E-state index is 0.542. The topological polar surface area (TPSA) is 59.1 Å². The second kappa shape index (κ2) is 4.85. The molecule has 0 aliphatic rings. The van der Waals surface area contributed by atoms with Crippen LogP contribution in [0.25, 0.3) is 0 Å². The molecule has 0 aliphatic heterocycles. The molecule has 0 aliphatic carbocycles. The van der Waals surface area contributed by atoms with E-state index in [1.54, 1.807) is 18.5 Å². The molecule has 0 fully saturated rings. The van der Waals surface area contributed by atoms with E-state index in [2.05, 4.69) is 20.9 Å². The molecule has 0 radical (unpaired) electrons. The molecule has 0 amide bonds. The minimum Gasteiger partial charge on any atom is -0.398 e. The summed E-state index contributed by atoms with van der Waals surface area (Å²) in [5, 5.41) is 10.3. The SMILES string of the molecule is Cc1ccc(C(O)c2cnccc2N)c(Br)c1. The van der Waals surface area contributed by atoms with Crippen LogP contribution in [0.1, 0.15) is 22.8 Å². The number of nitrogens with zero attached hydrogens (tertiary/aromatic N) is 1. The standard InChI is InChI=1S/C13H13BrN2O/c1-8-2-3-9(11(14)6-8)13(17)10-7-16-5-4-12(10)15/h2-7,13,17H,1H3,(H2,15,16). The van der Waals surface area contributed by atoms with Crippen molar-refractivity contribution in [1.82, 2.24) is 4.98 Å². The molecule has 1 aromatic heterocycles. The number of hydrogen-bond donors (Lipinski definition) is 2. The van der Waals surface area contributed by atoms with Gasteiger partial charge >= 0.3 is 0 Å². The van der Waals surface area contributed by atoms with Gasteiger partial charge in [-0.1, -0.05) is 28.1 Å². The summed E-state index contributed by atoms with van der Waals surface area (Å²) < 4.78 is 0.869. The third-order valence-corrected chi connectivity index (χ3v) is 3.32. The molecule has 0 spiro atoms. The van der Waals surface area contributed by atoms with Crippen molar-refractivity contribution in [3.8, 4) is 0 Å². The Morgan fingerprint density at radius 3 is 2.71 bits per heavy atom. The summed E-state index contributed by atoms with van der Waals surface area (Å²) in [4.78, 5) is 3.98. The first-order valence-electron chi connectivity index (χ1n) is 5.23. The van der Waals surface area contributed by atoms with E-state index in [0.29, 0.717) is 11.3 Å². The fraction of sp³-hybridized carbons (Fsp3) is 0.154. The monoisotopic (exact) mass is 292 g/mol. The zero-order chi connectivity index (χ0) is 12.4. The molecule has 1 heterocycles. The molecule has 0 bridgehead atoms. The Hall–Kier alpha value is -1.39. The van der Waals surface area contributed by atoms with E-state index in [-0.39, 0.29) is 0 Å². The Balaban J connectivity index is 2.44. The van der Waals surface area contributed by atoms with Gasteiger partial charge in [0.25, 0.3) is 0 Å². The number of aryl methyl sites for hydroxylation is 1. The summed E-state index contributed by atoms with van der Waals surface area (Å²) >= 11 is 3.45. The lowest BCUT2D eigenvalue weighted by Gasteiger charge is -2.15. The second-order valence-corrected chi connectivity index (χ2v) is 4.79. The van der Waals surface area contributed by atoms with Crippen LogP contribution in [-0.2, 0) is 0 Å². The van der Waals surface area contributed by atoms with Gasteiger partial charge in [-0.2, -0.15) is 0 Å². The van der Waals surface area contributed by atoms with E-state index < -0.39 is 6.10 Å². The van der Waals surface area contributed by atoms with Crippen LogP contribution in [0.4, 0.5) is 5.69 Å². The van der Waals surface area contributed by atoms with Crippen molar-refractivity contribution in [3.05, 3.63) is 57.8 Å². The summed E-state index contributed by atoms with van der Waals surface area (Å²) in [6.07, 6.45) is 2.43. The number of halogens is 1. The lowest BCUT2D eigenvalue weighted by atomic mass is 10.0. The van der Waals surface area contributed by atoms with Crippen LogP contribution in [-0.4, -0.2) is 10.1 Å². The highest BCUT2D eigenvalue weighted by molar-refractivity contribution is 9.10. The maximum Gasteiger partial charge on any atom is 0.109 e. The van der Waals surface area contributed by atoms with E-state index in [9.17, 15) is 5.11 Å². The summed E-state index contributed by atoms with van der Waals surface area (Å²) in [5.74, 6) is 0. The number of benzene rings is 1. The molecule has 0 saturated carbocycles. The van der Waals surface area contributed by atoms with Crippen molar-refractivity contribution in [1.29, 1.82) is 0 Å². The maximum absolute atomic E-state index is 10.3. The van der Waals surface area contributed by atoms with E-state index in [0.717, 1.165) is 15.6 Å². The summed E-state index contributed by atoms with van der Waals surface area (Å²) in [6.45, 7) is 2.00. The number of nitrogens with two attached hydrogens (primary N) is 1.